The van der Waals surface area contributed by atoms with Crippen LogP contribution in [-0.2, 0) is 10.5 Å². The molecule has 7 nitrogen and oxygen atoms in total. The predicted octanol–water partition coefficient (Wildman–Crippen LogP) is 3.33. The molecule has 0 bridgehead atoms. The number of nitrogens with one attached hydrogen (secondary N) is 2. The fraction of sp³-hybridized carbons (Fsp3) is 0.250. The van der Waals surface area contributed by atoms with E-state index in [0.717, 1.165) is 27.0 Å². The lowest BCUT2D eigenvalue weighted by Crippen LogP contribution is -2.06. The molecule has 2 N–H and O–H groups in total. The third-order valence-corrected chi connectivity index (χ3v) is 5.30. The lowest BCUT2D eigenvalue weighted by atomic mass is 10.1. The number of carbonyl (C=O) groups is 1. The van der Waals surface area contributed by atoms with E-state index in [4.69, 9.17) is 4.42 Å². The average molecular weight is 376 g/mol. The smallest absolute Gasteiger partial charge is 0.336 e. The molecule has 0 saturated carbocycles. The third kappa shape index (κ3) is 4.37. The second-order valence-corrected chi connectivity index (χ2v) is 7.37. The van der Waals surface area contributed by atoms with E-state index >= 15 is 0 Å². The summed E-state index contributed by atoms with van der Waals surface area (Å²) in [4.78, 5) is 23.0. The number of nitrogens with zero attached hydrogens (tertiary/aromatic N) is 2. The number of hydrogen-bond acceptors (Lipinski definition) is 8. The SMILES string of the molecule is CCNc1nnc(SCc2cc(=O)oc3cc(NC(C)=O)ccc23)s1. The molecule has 2 aromatic heterocycles. The fourth-order valence-electron chi connectivity index (χ4n) is 2.26. The van der Waals surface area contributed by atoms with Gasteiger partial charge >= 0.3 is 5.63 Å². The molecule has 1 amide bonds. The van der Waals surface area contributed by atoms with Gasteiger partial charge in [0.25, 0.3) is 0 Å². The second kappa shape index (κ2) is 7.66. The van der Waals surface area contributed by atoms with E-state index in [1.54, 1.807) is 12.1 Å². The van der Waals surface area contributed by atoms with Gasteiger partial charge in [0.1, 0.15) is 5.58 Å². The van der Waals surface area contributed by atoms with Gasteiger partial charge in [0, 0.05) is 42.4 Å². The Morgan fingerprint density at radius 3 is 2.92 bits per heavy atom. The molecule has 3 rings (SSSR count). The summed E-state index contributed by atoms with van der Waals surface area (Å²) in [6.07, 6.45) is 0. The summed E-state index contributed by atoms with van der Waals surface area (Å²) in [5, 5.41) is 15.6. The van der Waals surface area contributed by atoms with Crippen molar-refractivity contribution >= 4 is 50.8 Å². The first-order valence-corrected chi connectivity index (χ1v) is 9.40. The van der Waals surface area contributed by atoms with Crippen molar-refractivity contribution < 1.29 is 9.21 Å². The van der Waals surface area contributed by atoms with Gasteiger partial charge in [-0.15, -0.1) is 10.2 Å². The van der Waals surface area contributed by atoms with Crippen LogP contribution < -0.4 is 16.3 Å². The first-order valence-electron chi connectivity index (χ1n) is 7.59. The molecule has 0 radical (unpaired) electrons. The van der Waals surface area contributed by atoms with Crippen LogP contribution in [-0.4, -0.2) is 22.6 Å². The third-order valence-electron chi connectivity index (χ3n) is 3.24. The van der Waals surface area contributed by atoms with Crippen LogP contribution in [0, 0.1) is 0 Å². The number of thioether (sulfide) groups is 1. The Bertz CT molecular complexity index is 967. The van der Waals surface area contributed by atoms with E-state index in [2.05, 4.69) is 20.8 Å². The summed E-state index contributed by atoms with van der Waals surface area (Å²) in [6, 6.07) is 6.76. The van der Waals surface area contributed by atoms with Crippen LogP contribution >= 0.6 is 23.1 Å². The maximum absolute atomic E-state index is 11.8. The number of anilines is 2. The van der Waals surface area contributed by atoms with Crippen molar-refractivity contribution in [3.8, 4) is 0 Å². The Morgan fingerprint density at radius 2 is 2.16 bits per heavy atom. The second-order valence-electron chi connectivity index (χ2n) is 5.17. The van der Waals surface area contributed by atoms with E-state index in [0.29, 0.717) is 17.0 Å². The van der Waals surface area contributed by atoms with Gasteiger partial charge in [-0.25, -0.2) is 4.79 Å². The van der Waals surface area contributed by atoms with Gasteiger partial charge < -0.3 is 15.1 Å². The van der Waals surface area contributed by atoms with Crippen LogP contribution in [0.25, 0.3) is 11.0 Å². The number of hydrogen-bond donors (Lipinski definition) is 2. The number of benzene rings is 1. The minimum Gasteiger partial charge on any atom is -0.423 e. The van der Waals surface area contributed by atoms with Gasteiger partial charge in [0.05, 0.1) is 0 Å². The van der Waals surface area contributed by atoms with Crippen LogP contribution in [0.5, 0.6) is 0 Å². The van der Waals surface area contributed by atoms with Crippen LogP contribution in [0.4, 0.5) is 10.8 Å². The van der Waals surface area contributed by atoms with Gasteiger partial charge in [-0.3, -0.25) is 4.79 Å². The molecular weight excluding hydrogens is 360 g/mol. The van der Waals surface area contributed by atoms with Crippen LogP contribution in [0.3, 0.4) is 0 Å². The number of fused-ring (bicyclic) bond motifs is 1. The van der Waals surface area contributed by atoms with Gasteiger partial charge in [0.2, 0.25) is 11.0 Å². The number of carbonyl (C=O) groups excluding carboxylic acids is 1. The van der Waals surface area contributed by atoms with E-state index in [1.807, 2.05) is 13.0 Å². The first kappa shape index (κ1) is 17.4. The van der Waals surface area contributed by atoms with E-state index in [-0.39, 0.29) is 5.91 Å². The van der Waals surface area contributed by atoms with Crippen molar-refractivity contribution in [3.05, 3.63) is 40.2 Å². The molecule has 2 heterocycles. The normalized spacial score (nSPS) is 10.8. The molecule has 1 aromatic carbocycles. The lowest BCUT2D eigenvalue weighted by Gasteiger charge is -2.06. The van der Waals surface area contributed by atoms with Crippen LogP contribution in [0.15, 0.2) is 37.8 Å². The number of rotatable bonds is 6. The zero-order valence-electron chi connectivity index (χ0n) is 13.7. The molecule has 0 unspecified atom stereocenters. The molecule has 3 aromatic rings. The zero-order chi connectivity index (χ0) is 17.8. The van der Waals surface area contributed by atoms with E-state index in [9.17, 15) is 9.59 Å². The van der Waals surface area contributed by atoms with Crippen molar-refractivity contribution in [2.24, 2.45) is 0 Å². The Morgan fingerprint density at radius 1 is 1.32 bits per heavy atom. The molecule has 9 heteroatoms. The van der Waals surface area contributed by atoms with Gasteiger partial charge in [-0.1, -0.05) is 23.1 Å². The Labute approximate surface area is 151 Å². The summed E-state index contributed by atoms with van der Waals surface area (Å²) in [5.41, 5.74) is 1.46. The summed E-state index contributed by atoms with van der Waals surface area (Å²) in [6.45, 7) is 4.22. The van der Waals surface area contributed by atoms with E-state index < -0.39 is 5.63 Å². The fourth-order valence-corrected chi connectivity index (χ4v) is 4.07. The number of amides is 1. The molecule has 0 aliphatic rings. The van der Waals surface area contributed by atoms with Gasteiger partial charge in [-0.05, 0) is 24.6 Å². The van der Waals surface area contributed by atoms with E-state index in [1.165, 1.54) is 36.1 Å². The van der Waals surface area contributed by atoms with Crippen molar-refractivity contribution in [3.63, 3.8) is 0 Å². The highest BCUT2D eigenvalue weighted by molar-refractivity contribution is 8.00. The summed E-state index contributed by atoms with van der Waals surface area (Å²) in [5.74, 6) is 0.392. The molecule has 0 spiro atoms. The molecule has 0 fully saturated rings. The Balaban J connectivity index is 1.84. The molecule has 25 heavy (non-hydrogen) atoms. The topological polar surface area (TPSA) is 97.1 Å². The zero-order valence-corrected chi connectivity index (χ0v) is 15.3. The first-order chi connectivity index (χ1) is 12.0. The highest BCUT2D eigenvalue weighted by Gasteiger charge is 2.10. The predicted molar refractivity (Wildman–Crippen MR) is 100 cm³/mol. The Kier molecular flexibility index (Phi) is 5.34. The van der Waals surface area contributed by atoms with Crippen molar-refractivity contribution in [1.29, 1.82) is 0 Å². The maximum Gasteiger partial charge on any atom is 0.336 e. The Hall–Kier alpha value is -2.39. The van der Waals surface area contributed by atoms with Gasteiger partial charge in [-0.2, -0.15) is 0 Å². The largest absolute Gasteiger partial charge is 0.423 e. The van der Waals surface area contributed by atoms with Crippen molar-refractivity contribution in [2.75, 3.05) is 17.2 Å². The summed E-state index contributed by atoms with van der Waals surface area (Å²) < 4.78 is 6.09. The highest BCUT2D eigenvalue weighted by atomic mass is 32.2. The molecule has 0 saturated heterocycles. The van der Waals surface area contributed by atoms with Crippen molar-refractivity contribution in [1.82, 2.24) is 10.2 Å². The molecule has 0 atom stereocenters. The standard InChI is InChI=1S/C16H16N4O3S2/c1-3-17-15-19-20-16(25-15)24-8-10-6-14(22)23-13-7-11(18-9(2)21)4-5-12(10)13/h4-7H,3,8H2,1-2H3,(H,17,19)(H,18,21). The minimum absolute atomic E-state index is 0.179. The quantitative estimate of drug-likeness (QED) is 0.503. The minimum atomic E-state index is -0.423. The molecule has 0 aliphatic heterocycles. The molecular formula is C16H16N4O3S2. The summed E-state index contributed by atoms with van der Waals surface area (Å²) in [7, 11) is 0. The average Bonchev–Trinajstić information content (AvgIpc) is 2.99. The summed E-state index contributed by atoms with van der Waals surface area (Å²) >= 11 is 2.99. The van der Waals surface area contributed by atoms with Crippen molar-refractivity contribution in [2.45, 2.75) is 23.9 Å². The molecule has 130 valence electrons. The maximum atomic E-state index is 11.8. The van der Waals surface area contributed by atoms with Gasteiger partial charge in [0.15, 0.2) is 4.34 Å². The number of aromatic nitrogens is 2. The highest BCUT2D eigenvalue weighted by Crippen LogP contribution is 2.30. The van der Waals surface area contributed by atoms with Crippen LogP contribution in [0.1, 0.15) is 19.4 Å². The lowest BCUT2D eigenvalue weighted by molar-refractivity contribution is -0.114. The molecule has 0 aliphatic carbocycles. The van der Waals surface area contributed by atoms with Crippen LogP contribution in [0.2, 0.25) is 0 Å². The monoisotopic (exact) mass is 376 g/mol.